The van der Waals surface area contributed by atoms with Gasteiger partial charge < -0.3 is 9.66 Å². The van der Waals surface area contributed by atoms with Gasteiger partial charge >= 0.3 is 0 Å². The molecule has 1 atom stereocenters. The lowest BCUT2D eigenvalue weighted by Gasteiger charge is -2.52. The summed E-state index contributed by atoms with van der Waals surface area (Å²) in [5.74, 6) is 0.211. The van der Waals surface area contributed by atoms with Gasteiger partial charge in [-0.2, -0.15) is 5.06 Å². The molecule has 96 valence electrons. The normalized spacial score (nSPS) is 27.9. The summed E-state index contributed by atoms with van der Waals surface area (Å²) in [6, 6.07) is 0. The number of nitrogens with zero attached hydrogens (tertiary/aromatic N) is 1. The van der Waals surface area contributed by atoms with Gasteiger partial charge in [0, 0.05) is 11.1 Å². The molecule has 1 saturated heterocycles. The summed E-state index contributed by atoms with van der Waals surface area (Å²) in [6.45, 7) is 8.15. The van der Waals surface area contributed by atoms with Crippen molar-refractivity contribution in [1.82, 2.24) is 5.06 Å². The highest BCUT2D eigenvalue weighted by Crippen LogP contribution is 2.38. The summed E-state index contributed by atoms with van der Waals surface area (Å²) in [5, 5.41) is 11.7. The number of aliphatic hydroxyl groups is 1. The molecule has 0 aromatic heterocycles. The van der Waals surface area contributed by atoms with Gasteiger partial charge in [0.1, 0.15) is 0 Å². The second kappa shape index (κ2) is 4.82. The molecule has 0 amide bonds. The summed E-state index contributed by atoms with van der Waals surface area (Å²) in [4.78, 5) is 5.65. The largest absolute Gasteiger partial charge is 0.615 e. The first-order valence-electron chi connectivity index (χ1n) is 5.56. The smallest absolute Gasteiger partial charge is 0.223 e. The van der Waals surface area contributed by atoms with Crippen molar-refractivity contribution in [2.45, 2.75) is 57.7 Å². The summed E-state index contributed by atoms with van der Waals surface area (Å²) >= 11 is -0.969. The lowest BCUT2D eigenvalue weighted by atomic mass is 9.80. The minimum Gasteiger partial charge on any atom is -0.615 e. The van der Waals surface area contributed by atoms with Crippen LogP contribution in [0.1, 0.15) is 40.5 Å². The molecule has 0 bridgehead atoms. The van der Waals surface area contributed by atoms with Crippen LogP contribution >= 0.6 is 0 Å². The van der Waals surface area contributed by atoms with Gasteiger partial charge in [0.2, 0.25) is 5.94 Å². The van der Waals surface area contributed by atoms with E-state index in [0.717, 1.165) is 0 Å². The van der Waals surface area contributed by atoms with E-state index in [4.69, 9.17) is 4.84 Å². The van der Waals surface area contributed by atoms with Gasteiger partial charge in [0.15, 0.2) is 0 Å². The third-order valence-electron chi connectivity index (χ3n) is 2.92. The molecule has 1 aliphatic heterocycles. The van der Waals surface area contributed by atoms with E-state index in [1.165, 1.54) is 0 Å². The molecule has 5 heteroatoms. The number of hydroxylamine groups is 2. The molecule has 0 saturated carbocycles. The minimum absolute atomic E-state index is 0.211. The molecular weight excluding hydrogens is 226 g/mol. The quantitative estimate of drug-likeness (QED) is 0.765. The number of aliphatic hydroxyl groups excluding tert-OH is 1. The average Bonchev–Trinajstić information content (AvgIpc) is 1.96. The number of rotatable bonds is 3. The van der Waals surface area contributed by atoms with E-state index >= 15 is 0 Å². The Labute approximate surface area is 101 Å². The van der Waals surface area contributed by atoms with Gasteiger partial charge in [-0.1, -0.05) is 0 Å². The lowest BCUT2D eigenvalue weighted by molar-refractivity contribution is -0.281. The fourth-order valence-electron chi connectivity index (χ4n) is 2.69. The molecule has 4 nitrogen and oxygen atoms in total. The first-order chi connectivity index (χ1) is 7.15. The summed E-state index contributed by atoms with van der Waals surface area (Å²) in [5.41, 5.74) is -0.471. The van der Waals surface area contributed by atoms with Gasteiger partial charge in [-0.3, -0.25) is 0 Å². The molecule has 0 aromatic carbocycles. The highest BCUT2D eigenvalue weighted by Gasteiger charge is 2.46. The van der Waals surface area contributed by atoms with Crippen LogP contribution in [-0.2, 0) is 16.0 Å². The van der Waals surface area contributed by atoms with Crippen molar-refractivity contribution < 1.29 is 14.5 Å². The minimum atomic E-state index is -0.969. The molecule has 1 aliphatic rings. The first kappa shape index (κ1) is 14.3. The average molecular weight is 249 g/mol. The fourth-order valence-corrected chi connectivity index (χ4v) is 2.94. The molecule has 1 fully saturated rings. The molecule has 0 radical (unpaired) electrons. The zero-order valence-electron chi connectivity index (χ0n) is 10.8. The highest BCUT2D eigenvalue weighted by molar-refractivity contribution is 7.90. The number of hydrogen-bond acceptors (Lipinski definition) is 4. The molecule has 16 heavy (non-hydrogen) atoms. The van der Waals surface area contributed by atoms with Crippen LogP contribution in [0.2, 0.25) is 0 Å². The Hall–Kier alpha value is 0.190. The molecule has 1 rings (SSSR count). The molecule has 0 spiro atoms. The van der Waals surface area contributed by atoms with Crippen molar-refractivity contribution in [3.63, 3.8) is 0 Å². The van der Waals surface area contributed by atoms with E-state index in [9.17, 15) is 9.66 Å². The van der Waals surface area contributed by atoms with Crippen molar-refractivity contribution in [1.29, 1.82) is 0 Å². The third kappa shape index (κ3) is 3.34. The lowest BCUT2D eigenvalue weighted by Crippen LogP contribution is -2.61. The maximum atomic E-state index is 11.1. The van der Waals surface area contributed by atoms with Gasteiger partial charge in [0.25, 0.3) is 0 Å². The highest BCUT2D eigenvalue weighted by atomic mass is 32.2. The Bertz CT molecular complexity index is 225. The Balaban J connectivity index is 2.76. The van der Waals surface area contributed by atoms with Crippen molar-refractivity contribution in [2.24, 2.45) is 0 Å². The summed E-state index contributed by atoms with van der Waals surface area (Å²) in [6.07, 6.45) is 2.68. The first-order valence-corrected chi connectivity index (χ1v) is 7.29. The third-order valence-corrected chi connectivity index (χ3v) is 3.35. The van der Waals surface area contributed by atoms with Crippen LogP contribution < -0.4 is 0 Å². The standard InChI is InChI=1S/C11H23NO3S/c1-10(2)6-9(13)7-11(3,4)12(10)15-8-16(5)14/h9,13H,6-8H2,1-5H3. The summed E-state index contributed by atoms with van der Waals surface area (Å²) < 4.78 is 11.1. The monoisotopic (exact) mass is 249 g/mol. The maximum absolute atomic E-state index is 11.1. The second-order valence-electron chi connectivity index (χ2n) is 5.80. The Morgan fingerprint density at radius 2 is 1.75 bits per heavy atom. The fraction of sp³-hybridized carbons (Fsp3) is 1.00. The molecular formula is C11H23NO3S. The van der Waals surface area contributed by atoms with Crippen LogP contribution in [0, 0.1) is 0 Å². The molecule has 1 N–H and O–H groups in total. The molecule has 0 aromatic rings. The van der Waals surface area contributed by atoms with Crippen LogP contribution in [0.25, 0.3) is 0 Å². The maximum Gasteiger partial charge on any atom is 0.223 e. The van der Waals surface area contributed by atoms with E-state index in [1.807, 2.05) is 32.8 Å². The Morgan fingerprint density at radius 3 is 2.12 bits per heavy atom. The van der Waals surface area contributed by atoms with Crippen molar-refractivity contribution in [3.05, 3.63) is 0 Å². The number of hydrogen-bond donors (Lipinski definition) is 1. The van der Waals surface area contributed by atoms with Crippen molar-refractivity contribution >= 4 is 11.2 Å². The van der Waals surface area contributed by atoms with Gasteiger partial charge in [-0.25, -0.2) is 4.84 Å². The molecule has 1 unspecified atom stereocenters. The zero-order chi connectivity index (χ0) is 12.6. The zero-order valence-corrected chi connectivity index (χ0v) is 11.6. The predicted molar refractivity (Wildman–Crippen MR) is 65.3 cm³/mol. The van der Waals surface area contributed by atoms with E-state index in [-0.39, 0.29) is 23.1 Å². The van der Waals surface area contributed by atoms with E-state index < -0.39 is 11.2 Å². The Kier molecular flexibility index (Phi) is 4.29. The van der Waals surface area contributed by atoms with E-state index in [2.05, 4.69) is 0 Å². The topological polar surface area (TPSA) is 55.8 Å². The van der Waals surface area contributed by atoms with Crippen LogP contribution in [-0.4, -0.2) is 44.1 Å². The Morgan fingerprint density at radius 1 is 1.31 bits per heavy atom. The van der Waals surface area contributed by atoms with Gasteiger partial charge in [0.05, 0.1) is 12.4 Å². The van der Waals surface area contributed by atoms with Crippen LogP contribution in [0.4, 0.5) is 0 Å². The van der Waals surface area contributed by atoms with Gasteiger partial charge in [-0.05, 0) is 51.7 Å². The molecule has 0 aliphatic carbocycles. The van der Waals surface area contributed by atoms with Gasteiger partial charge in [-0.15, -0.1) is 0 Å². The van der Waals surface area contributed by atoms with Crippen molar-refractivity contribution in [2.75, 3.05) is 12.2 Å². The summed E-state index contributed by atoms with van der Waals surface area (Å²) in [7, 11) is 0. The van der Waals surface area contributed by atoms with Crippen LogP contribution in [0.3, 0.4) is 0 Å². The number of piperidine rings is 1. The van der Waals surface area contributed by atoms with Crippen LogP contribution in [0.5, 0.6) is 0 Å². The van der Waals surface area contributed by atoms with Crippen LogP contribution in [0.15, 0.2) is 0 Å². The predicted octanol–water partition coefficient (Wildman–Crippen LogP) is 1.27. The van der Waals surface area contributed by atoms with E-state index in [1.54, 1.807) is 6.26 Å². The SMILES string of the molecule is C[S+]([O-])CON1C(C)(C)CC(O)CC1(C)C. The second-order valence-corrected chi connectivity index (χ2v) is 7.18. The van der Waals surface area contributed by atoms with Crippen molar-refractivity contribution in [3.8, 4) is 0 Å². The van der Waals surface area contributed by atoms with E-state index in [0.29, 0.717) is 12.8 Å². The molecule has 1 heterocycles.